The Hall–Kier alpha value is -3.04. The van der Waals surface area contributed by atoms with E-state index in [2.05, 4.69) is 26.0 Å². The van der Waals surface area contributed by atoms with Crippen LogP contribution in [0.5, 0.6) is 11.5 Å². The average molecular weight is 519 g/mol. The number of hydrogen-bond acceptors (Lipinski definition) is 5. The fourth-order valence-electron chi connectivity index (χ4n) is 2.88. The molecule has 0 aromatic heterocycles. The molecule has 0 spiro atoms. The van der Waals surface area contributed by atoms with Gasteiger partial charge in [0.25, 0.3) is 15.9 Å². The normalized spacial score (nSPS) is 12.0. The minimum atomic E-state index is -3.76. The van der Waals surface area contributed by atoms with Crippen molar-refractivity contribution in [3.63, 3.8) is 0 Å². The number of nitrogens with one attached hydrogen (secondary N) is 2. The molecule has 0 saturated heterocycles. The number of carbonyl (C=O) groups is 1. The molecule has 0 aliphatic rings. The van der Waals surface area contributed by atoms with Crippen LogP contribution in [0.2, 0.25) is 0 Å². The van der Waals surface area contributed by atoms with Crippen molar-refractivity contribution in [3.05, 3.63) is 82.8 Å². The van der Waals surface area contributed by atoms with Crippen LogP contribution in [-0.2, 0) is 14.8 Å². The summed E-state index contributed by atoms with van der Waals surface area (Å²) in [6.07, 6.45) is 0. The number of rotatable bonds is 9. The Balaban J connectivity index is 1.55. The maximum atomic E-state index is 12.6. The number of hydrogen-bond donors (Lipinski definition) is 2. The van der Waals surface area contributed by atoms with Crippen molar-refractivity contribution in [2.45, 2.75) is 17.9 Å². The average Bonchev–Trinajstić information content (AvgIpc) is 2.78. The van der Waals surface area contributed by atoms with Crippen molar-refractivity contribution in [3.8, 4) is 11.5 Å². The van der Waals surface area contributed by atoms with E-state index < -0.39 is 10.0 Å². The van der Waals surface area contributed by atoms with Crippen molar-refractivity contribution in [1.29, 1.82) is 0 Å². The van der Waals surface area contributed by atoms with Gasteiger partial charge in [-0.2, -0.15) is 0 Å². The highest BCUT2D eigenvalue weighted by atomic mass is 79.9. The quantitative estimate of drug-likeness (QED) is 0.434. The summed E-state index contributed by atoms with van der Waals surface area (Å²) in [6.45, 7) is 1.70. The Morgan fingerprint density at radius 2 is 1.66 bits per heavy atom. The Bertz CT molecular complexity index is 1170. The zero-order valence-electron chi connectivity index (χ0n) is 17.5. The van der Waals surface area contributed by atoms with E-state index in [0.29, 0.717) is 17.2 Å². The minimum absolute atomic E-state index is 0.0772. The lowest BCUT2D eigenvalue weighted by Gasteiger charge is -2.15. The van der Waals surface area contributed by atoms with E-state index in [4.69, 9.17) is 9.47 Å². The molecular formula is C23H23BrN2O5S. The first-order valence-corrected chi connectivity index (χ1v) is 12.0. The molecule has 3 aromatic rings. The van der Waals surface area contributed by atoms with Gasteiger partial charge in [-0.3, -0.25) is 9.52 Å². The van der Waals surface area contributed by atoms with Gasteiger partial charge in [0.15, 0.2) is 6.61 Å². The zero-order chi connectivity index (χ0) is 23.1. The molecule has 32 heavy (non-hydrogen) atoms. The van der Waals surface area contributed by atoms with Gasteiger partial charge in [-0.15, -0.1) is 0 Å². The largest absolute Gasteiger partial charge is 0.497 e. The predicted octanol–water partition coefficient (Wildman–Crippen LogP) is 4.51. The third-order valence-corrected chi connectivity index (χ3v) is 6.46. The summed E-state index contributed by atoms with van der Waals surface area (Å²) in [4.78, 5) is 12.3. The smallest absolute Gasteiger partial charge is 0.261 e. The molecule has 0 aliphatic carbocycles. The summed E-state index contributed by atoms with van der Waals surface area (Å²) in [5.41, 5.74) is 1.38. The van der Waals surface area contributed by atoms with Crippen LogP contribution in [0.1, 0.15) is 18.5 Å². The molecule has 0 fully saturated rings. The Kier molecular flexibility index (Phi) is 7.76. The van der Waals surface area contributed by atoms with Crippen LogP contribution in [0.15, 0.2) is 82.2 Å². The maximum absolute atomic E-state index is 12.6. The highest BCUT2D eigenvalue weighted by Crippen LogP contribution is 2.21. The summed E-state index contributed by atoms with van der Waals surface area (Å²) in [6, 6.07) is 19.9. The number of benzene rings is 3. The molecule has 168 valence electrons. The van der Waals surface area contributed by atoms with Gasteiger partial charge < -0.3 is 14.8 Å². The van der Waals surface area contributed by atoms with Crippen molar-refractivity contribution < 1.29 is 22.7 Å². The van der Waals surface area contributed by atoms with Gasteiger partial charge >= 0.3 is 0 Å². The molecule has 0 saturated carbocycles. The molecule has 1 amide bonds. The van der Waals surface area contributed by atoms with Gasteiger partial charge in [0.2, 0.25) is 0 Å². The van der Waals surface area contributed by atoms with Crippen molar-refractivity contribution in [2.75, 3.05) is 18.4 Å². The molecule has 9 heteroatoms. The third kappa shape index (κ3) is 6.48. The van der Waals surface area contributed by atoms with Crippen LogP contribution < -0.4 is 19.5 Å². The van der Waals surface area contributed by atoms with Gasteiger partial charge in [0.05, 0.1) is 18.0 Å². The summed E-state index contributed by atoms with van der Waals surface area (Å²) >= 11 is 3.41. The van der Waals surface area contributed by atoms with Crippen LogP contribution in [-0.4, -0.2) is 28.0 Å². The second-order valence-corrected chi connectivity index (χ2v) is 9.54. The van der Waals surface area contributed by atoms with Crippen LogP contribution in [0, 0.1) is 0 Å². The molecular weight excluding hydrogens is 496 g/mol. The van der Waals surface area contributed by atoms with Gasteiger partial charge in [-0.1, -0.05) is 28.1 Å². The number of amides is 1. The first kappa shape index (κ1) is 23.6. The molecule has 0 radical (unpaired) electrons. The summed E-state index contributed by atoms with van der Waals surface area (Å²) in [7, 11) is -2.22. The Labute approximate surface area is 195 Å². The summed E-state index contributed by atoms with van der Waals surface area (Å²) in [5.74, 6) is 0.735. The Morgan fingerprint density at radius 3 is 2.28 bits per heavy atom. The third-order valence-electron chi connectivity index (χ3n) is 4.57. The van der Waals surface area contributed by atoms with Crippen LogP contribution in [0.3, 0.4) is 0 Å². The second-order valence-electron chi connectivity index (χ2n) is 6.94. The first-order valence-electron chi connectivity index (χ1n) is 9.71. The lowest BCUT2D eigenvalue weighted by molar-refractivity contribution is -0.123. The van der Waals surface area contributed by atoms with Crippen molar-refractivity contribution in [2.24, 2.45) is 0 Å². The van der Waals surface area contributed by atoms with Crippen LogP contribution >= 0.6 is 15.9 Å². The first-order chi connectivity index (χ1) is 15.3. The predicted molar refractivity (Wildman–Crippen MR) is 126 cm³/mol. The number of sulfonamides is 1. The lowest BCUT2D eigenvalue weighted by atomic mass is 10.1. The van der Waals surface area contributed by atoms with Gasteiger partial charge in [0, 0.05) is 10.2 Å². The van der Waals surface area contributed by atoms with E-state index in [1.165, 1.54) is 31.4 Å². The van der Waals surface area contributed by atoms with Crippen LogP contribution in [0.25, 0.3) is 0 Å². The highest BCUT2D eigenvalue weighted by molar-refractivity contribution is 9.10. The molecule has 0 bridgehead atoms. The summed E-state index contributed by atoms with van der Waals surface area (Å²) in [5, 5.41) is 2.87. The van der Waals surface area contributed by atoms with E-state index in [1.54, 1.807) is 24.3 Å². The molecule has 0 unspecified atom stereocenters. The number of halogens is 1. The minimum Gasteiger partial charge on any atom is -0.497 e. The fraction of sp³-hybridized carbons (Fsp3) is 0.174. The molecule has 1 atom stereocenters. The molecule has 7 nitrogen and oxygen atoms in total. The van der Waals surface area contributed by atoms with E-state index in [0.717, 1.165) is 10.0 Å². The second kappa shape index (κ2) is 10.5. The zero-order valence-corrected chi connectivity index (χ0v) is 19.9. The molecule has 2 N–H and O–H groups in total. The number of anilines is 1. The molecule has 0 aliphatic heterocycles. The molecule has 3 rings (SSSR count). The number of methoxy groups -OCH3 is 1. The van der Waals surface area contributed by atoms with Gasteiger partial charge in [-0.05, 0) is 73.2 Å². The SMILES string of the molecule is COc1ccc(NS(=O)(=O)c2ccc(OCC(=O)N[C@H](C)c3cccc(Br)c3)cc2)cc1. The maximum Gasteiger partial charge on any atom is 0.261 e. The van der Waals surface area contributed by atoms with E-state index in [9.17, 15) is 13.2 Å². The summed E-state index contributed by atoms with van der Waals surface area (Å²) < 4.78 is 39.1. The van der Waals surface area contributed by atoms with Gasteiger partial charge in [0.1, 0.15) is 11.5 Å². The van der Waals surface area contributed by atoms with Crippen molar-refractivity contribution in [1.82, 2.24) is 5.32 Å². The van der Waals surface area contributed by atoms with E-state index >= 15 is 0 Å². The molecule has 3 aromatic carbocycles. The Morgan fingerprint density at radius 1 is 1.00 bits per heavy atom. The monoisotopic (exact) mass is 518 g/mol. The standard InChI is InChI=1S/C23H23BrN2O5S/c1-16(17-4-3-5-18(24)14-17)25-23(27)15-31-21-10-12-22(13-11-21)32(28,29)26-19-6-8-20(30-2)9-7-19/h3-14,16,26H,15H2,1-2H3,(H,25,27)/t16-/m1/s1. The fourth-order valence-corrected chi connectivity index (χ4v) is 4.36. The van der Waals surface area contributed by atoms with Crippen molar-refractivity contribution >= 4 is 37.5 Å². The number of ether oxygens (including phenoxy) is 2. The van der Waals surface area contributed by atoms with E-state index in [1.807, 2.05) is 31.2 Å². The molecule has 0 heterocycles. The topological polar surface area (TPSA) is 93.7 Å². The number of carbonyl (C=O) groups excluding carboxylic acids is 1. The lowest BCUT2D eigenvalue weighted by Crippen LogP contribution is -2.31. The highest BCUT2D eigenvalue weighted by Gasteiger charge is 2.15. The van der Waals surface area contributed by atoms with E-state index in [-0.39, 0.29) is 23.5 Å². The van der Waals surface area contributed by atoms with Gasteiger partial charge in [-0.25, -0.2) is 8.42 Å². The van der Waals surface area contributed by atoms with Crippen LogP contribution in [0.4, 0.5) is 5.69 Å².